The van der Waals surface area contributed by atoms with Crippen LogP contribution >= 0.6 is 0 Å². The van der Waals surface area contributed by atoms with Crippen molar-refractivity contribution in [1.29, 1.82) is 0 Å². The fourth-order valence-corrected chi connectivity index (χ4v) is 2.46. The van der Waals surface area contributed by atoms with Gasteiger partial charge in [-0.05, 0) is 30.4 Å². The lowest BCUT2D eigenvalue weighted by Gasteiger charge is -2.25. The van der Waals surface area contributed by atoms with Gasteiger partial charge >= 0.3 is 12.0 Å². The number of fused-ring (bicyclic) bond motifs is 1. The fraction of sp³-hybridized carbons (Fsp3) is 0.357. The number of anilines is 1. The lowest BCUT2D eigenvalue weighted by molar-refractivity contribution is 0.165. The van der Waals surface area contributed by atoms with Crippen LogP contribution in [0.25, 0.3) is 0 Å². The third kappa shape index (κ3) is 2.49. The van der Waals surface area contributed by atoms with E-state index in [1.165, 1.54) is 18.2 Å². The minimum absolute atomic E-state index is 0.0496. The van der Waals surface area contributed by atoms with E-state index in [-0.39, 0.29) is 24.1 Å². The highest BCUT2D eigenvalue weighted by atomic mass is 16.5. The van der Waals surface area contributed by atoms with Crippen LogP contribution in [0.5, 0.6) is 12.0 Å². The van der Waals surface area contributed by atoms with Gasteiger partial charge in [-0.3, -0.25) is 0 Å². The highest BCUT2D eigenvalue weighted by Gasteiger charge is 2.22. The molecule has 1 aromatic carbocycles. The Hall–Kier alpha value is -2.37. The van der Waals surface area contributed by atoms with Gasteiger partial charge in [-0.2, -0.15) is 9.97 Å². The zero-order chi connectivity index (χ0) is 13.9. The second-order valence-electron chi connectivity index (χ2n) is 4.66. The van der Waals surface area contributed by atoms with Gasteiger partial charge in [0.15, 0.2) is 0 Å². The summed E-state index contributed by atoms with van der Waals surface area (Å²) in [5.41, 5.74) is 8.12. The van der Waals surface area contributed by atoms with Gasteiger partial charge in [0, 0.05) is 0 Å². The van der Waals surface area contributed by atoms with Gasteiger partial charge < -0.3 is 15.2 Å². The van der Waals surface area contributed by atoms with E-state index in [1.54, 1.807) is 0 Å². The number of nitrogen functional groups attached to an aromatic ring is 1. The largest absolute Gasteiger partial charge is 0.467 e. The van der Waals surface area contributed by atoms with E-state index in [0.29, 0.717) is 0 Å². The summed E-state index contributed by atoms with van der Waals surface area (Å²) in [6, 6.07) is 8.65. The van der Waals surface area contributed by atoms with Crippen molar-refractivity contribution in [3.05, 3.63) is 35.4 Å². The van der Waals surface area contributed by atoms with Gasteiger partial charge in [0.1, 0.15) is 6.10 Å². The van der Waals surface area contributed by atoms with Crippen molar-refractivity contribution < 1.29 is 9.47 Å². The van der Waals surface area contributed by atoms with Crippen LogP contribution in [-0.4, -0.2) is 22.1 Å². The minimum Gasteiger partial charge on any atom is -0.467 e. The van der Waals surface area contributed by atoms with Crippen LogP contribution in [0.3, 0.4) is 0 Å². The van der Waals surface area contributed by atoms with Gasteiger partial charge in [-0.15, -0.1) is 4.98 Å². The molecule has 0 bridgehead atoms. The first kappa shape index (κ1) is 12.7. The molecule has 0 spiro atoms. The molecule has 2 aromatic rings. The van der Waals surface area contributed by atoms with Crippen LogP contribution in [0, 0.1) is 0 Å². The quantitative estimate of drug-likeness (QED) is 0.919. The second-order valence-corrected chi connectivity index (χ2v) is 4.66. The maximum absolute atomic E-state index is 5.88. The van der Waals surface area contributed by atoms with E-state index in [9.17, 15) is 0 Å². The predicted molar refractivity (Wildman–Crippen MR) is 73.5 cm³/mol. The Morgan fingerprint density at radius 3 is 2.80 bits per heavy atom. The number of methoxy groups -OCH3 is 1. The predicted octanol–water partition coefficient (Wildman–Crippen LogP) is 1.92. The lowest BCUT2D eigenvalue weighted by Crippen LogP contribution is -2.17. The molecule has 3 rings (SSSR count). The maximum atomic E-state index is 5.88. The van der Waals surface area contributed by atoms with Crippen LogP contribution < -0.4 is 15.2 Å². The average Bonchev–Trinajstić information content (AvgIpc) is 2.47. The van der Waals surface area contributed by atoms with Crippen LogP contribution in [0.4, 0.5) is 5.95 Å². The number of aromatic nitrogens is 3. The van der Waals surface area contributed by atoms with Gasteiger partial charge in [-0.1, -0.05) is 24.3 Å². The highest BCUT2D eigenvalue weighted by molar-refractivity contribution is 5.32. The number of nitrogens with zero attached hydrogens (tertiary/aromatic N) is 3. The number of hydrogen-bond donors (Lipinski definition) is 1. The monoisotopic (exact) mass is 272 g/mol. The third-order valence-electron chi connectivity index (χ3n) is 3.36. The summed E-state index contributed by atoms with van der Waals surface area (Å²) in [5.74, 6) is 0.0935. The Kier molecular flexibility index (Phi) is 3.37. The summed E-state index contributed by atoms with van der Waals surface area (Å²) in [4.78, 5) is 11.9. The van der Waals surface area contributed by atoms with E-state index in [2.05, 4.69) is 27.1 Å². The van der Waals surface area contributed by atoms with E-state index in [0.717, 1.165) is 19.3 Å². The number of rotatable bonds is 3. The van der Waals surface area contributed by atoms with Crippen LogP contribution in [0.15, 0.2) is 24.3 Å². The number of nitrogens with two attached hydrogens (primary N) is 1. The van der Waals surface area contributed by atoms with E-state index in [4.69, 9.17) is 15.2 Å². The first-order valence-corrected chi connectivity index (χ1v) is 6.56. The van der Waals surface area contributed by atoms with Gasteiger partial charge in [0.2, 0.25) is 5.95 Å². The number of benzene rings is 1. The van der Waals surface area contributed by atoms with E-state index < -0.39 is 0 Å². The van der Waals surface area contributed by atoms with Crippen molar-refractivity contribution in [3.63, 3.8) is 0 Å². The van der Waals surface area contributed by atoms with Crippen molar-refractivity contribution in [2.24, 2.45) is 0 Å². The zero-order valence-corrected chi connectivity index (χ0v) is 11.2. The first-order valence-electron chi connectivity index (χ1n) is 6.56. The van der Waals surface area contributed by atoms with Crippen LogP contribution in [0.2, 0.25) is 0 Å². The maximum Gasteiger partial charge on any atom is 0.325 e. The van der Waals surface area contributed by atoms with Crippen molar-refractivity contribution in [2.45, 2.75) is 25.4 Å². The molecule has 1 aliphatic rings. The molecule has 1 atom stereocenters. The Balaban J connectivity index is 1.87. The third-order valence-corrected chi connectivity index (χ3v) is 3.36. The van der Waals surface area contributed by atoms with Crippen molar-refractivity contribution in [1.82, 2.24) is 15.0 Å². The van der Waals surface area contributed by atoms with Crippen molar-refractivity contribution in [3.8, 4) is 12.0 Å². The molecule has 0 saturated carbocycles. The molecular weight excluding hydrogens is 256 g/mol. The van der Waals surface area contributed by atoms with Crippen LogP contribution in [0.1, 0.15) is 30.1 Å². The number of ether oxygens (including phenoxy) is 2. The Morgan fingerprint density at radius 2 is 1.95 bits per heavy atom. The molecule has 1 heterocycles. The average molecular weight is 272 g/mol. The number of hydrogen-bond acceptors (Lipinski definition) is 6. The summed E-state index contributed by atoms with van der Waals surface area (Å²) in [6.07, 6.45) is 3.05. The lowest BCUT2D eigenvalue weighted by atomic mass is 9.89. The molecule has 20 heavy (non-hydrogen) atoms. The van der Waals surface area contributed by atoms with Crippen molar-refractivity contribution >= 4 is 5.95 Å². The van der Waals surface area contributed by atoms with E-state index in [1.807, 2.05) is 12.1 Å². The highest BCUT2D eigenvalue weighted by Crippen LogP contribution is 2.32. The molecule has 1 aliphatic carbocycles. The molecule has 104 valence electrons. The number of aryl methyl sites for hydroxylation is 1. The molecule has 6 nitrogen and oxygen atoms in total. The molecule has 0 aliphatic heterocycles. The molecule has 2 N–H and O–H groups in total. The summed E-state index contributed by atoms with van der Waals surface area (Å²) in [6.45, 7) is 0. The van der Waals surface area contributed by atoms with Gasteiger partial charge in [-0.25, -0.2) is 0 Å². The minimum atomic E-state index is -0.0496. The van der Waals surface area contributed by atoms with E-state index >= 15 is 0 Å². The van der Waals surface area contributed by atoms with Gasteiger partial charge in [0.25, 0.3) is 0 Å². The molecule has 1 aromatic heterocycles. The fourth-order valence-electron chi connectivity index (χ4n) is 2.46. The normalized spacial score (nSPS) is 17.4. The van der Waals surface area contributed by atoms with Crippen LogP contribution in [-0.2, 0) is 6.42 Å². The standard InChI is InChI=1S/C14H16N4O2/c1-19-13-16-12(15)17-14(18-13)20-11-8-4-6-9-5-2-3-7-10(9)11/h2-3,5,7,11H,4,6,8H2,1H3,(H2,15,16,17,18). The molecule has 0 saturated heterocycles. The molecule has 0 fully saturated rings. The Labute approximate surface area is 117 Å². The Bertz CT molecular complexity index is 618. The summed E-state index contributed by atoms with van der Waals surface area (Å²) < 4.78 is 10.9. The molecule has 0 radical (unpaired) electrons. The smallest absolute Gasteiger partial charge is 0.325 e. The second kappa shape index (κ2) is 5.32. The molecule has 0 amide bonds. The molecule has 6 heteroatoms. The topological polar surface area (TPSA) is 83.2 Å². The van der Waals surface area contributed by atoms with Gasteiger partial charge in [0.05, 0.1) is 7.11 Å². The molecule has 1 unspecified atom stereocenters. The molecular formula is C14H16N4O2. The SMILES string of the molecule is COc1nc(N)nc(OC2CCCc3ccccc32)n1. The summed E-state index contributed by atoms with van der Waals surface area (Å²) >= 11 is 0. The zero-order valence-electron chi connectivity index (χ0n) is 11.2. The first-order chi connectivity index (χ1) is 9.76. The summed E-state index contributed by atoms with van der Waals surface area (Å²) in [5, 5.41) is 0. The van der Waals surface area contributed by atoms with Crippen molar-refractivity contribution in [2.75, 3.05) is 12.8 Å². The Morgan fingerprint density at radius 1 is 1.15 bits per heavy atom. The summed E-state index contributed by atoms with van der Waals surface area (Å²) in [7, 11) is 1.48.